The van der Waals surface area contributed by atoms with E-state index in [1.54, 1.807) is 0 Å². The Morgan fingerprint density at radius 3 is 2.90 bits per heavy atom. The molecule has 0 atom stereocenters. The van der Waals surface area contributed by atoms with Crippen molar-refractivity contribution >= 4 is 36.9 Å². The Morgan fingerprint density at radius 2 is 2.05 bits per heavy atom. The molecule has 1 amide bonds. The van der Waals surface area contributed by atoms with E-state index in [1.165, 1.54) is 12.0 Å². The molecule has 0 spiro atoms. The van der Waals surface area contributed by atoms with Gasteiger partial charge in [0.25, 0.3) is 0 Å². The molecule has 0 saturated carbocycles. The second-order valence-corrected chi connectivity index (χ2v) is 5.83. The van der Waals surface area contributed by atoms with Gasteiger partial charge in [-0.15, -0.1) is 0 Å². The van der Waals surface area contributed by atoms with Crippen molar-refractivity contribution < 1.29 is 8.98 Å². The first-order chi connectivity index (χ1) is 10.1. The van der Waals surface area contributed by atoms with Gasteiger partial charge in [-0.25, -0.2) is 0 Å². The number of fused-ring (bicyclic) bond motifs is 1. The quantitative estimate of drug-likeness (QED) is 0.699. The van der Waals surface area contributed by atoms with Gasteiger partial charge < -0.3 is 9.50 Å². The molecule has 2 radical (unpaired) electrons. The van der Waals surface area contributed by atoms with Gasteiger partial charge in [0.15, 0.2) is 0 Å². The van der Waals surface area contributed by atoms with Crippen LogP contribution in [0.25, 0.3) is 0 Å². The first-order valence-electron chi connectivity index (χ1n) is 6.75. The van der Waals surface area contributed by atoms with Crippen molar-refractivity contribution in [2.45, 2.75) is 24.7 Å². The lowest BCUT2D eigenvalue weighted by Crippen LogP contribution is -2.18. The molecule has 2 aromatic rings. The van der Waals surface area contributed by atoms with Crippen LogP contribution in [0.1, 0.15) is 17.5 Å². The van der Waals surface area contributed by atoms with Gasteiger partial charge in [0, 0.05) is 12.1 Å². The van der Waals surface area contributed by atoms with E-state index < -0.39 is 0 Å². The van der Waals surface area contributed by atoms with Crippen LogP contribution in [0.2, 0.25) is 0 Å². The minimum absolute atomic E-state index is 0.0703. The van der Waals surface area contributed by atoms with Gasteiger partial charge in [-0.05, 0) is 42.7 Å². The van der Waals surface area contributed by atoms with Gasteiger partial charge in [0.1, 0.15) is 13.6 Å². The number of hydrogen-bond donors (Lipinski definition) is 1. The number of amides is 1. The molecule has 0 unspecified atom stereocenters. The molecular formula is C16H14BNO2S. The average molecular weight is 295 g/mol. The van der Waals surface area contributed by atoms with Crippen LogP contribution in [-0.4, -0.2) is 13.8 Å². The molecule has 3 rings (SSSR count). The second kappa shape index (κ2) is 5.86. The normalized spacial score (nSPS) is 13.5. The molecule has 3 nitrogen and oxygen atoms in total. The highest BCUT2D eigenvalue weighted by molar-refractivity contribution is 7.95. The van der Waals surface area contributed by atoms with Crippen LogP contribution >= 0.6 is 12.0 Å². The maximum Gasteiger partial charge on any atom is 0.224 e. The molecule has 2 aromatic carbocycles. The highest BCUT2D eigenvalue weighted by atomic mass is 32.2. The minimum atomic E-state index is 0.0703. The summed E-state index contributed by atoms with van der Waals surface area (Å²) < 4.78 is 5.77. The van der Waals surface area contributed by atoms with E-state index in [4.69, 9.17) is 12.0 Å². The van der Waals surface area contributed by atoms with Crippen molar-refractivity contribution in [3.8, 4) is 5.75 Å². The molecule has 0 bridgehead atoms. The fourth-order valence-corrected chi connectivity index (χ4v) is 2.88. The number of carbonyl (C=O) groups excluding carboxylic acids is 1. The molecule has 0 saturated heterocycles. The lowest BCUT2D eigenvalue weighted by molar-refractivity contribution is -0.116. The van der Waals surface area contributed by atoms with Gasteiger partial charge in [-0.3, -0.25) is 4.79 Å². The van der Waals surface area contributed by atoms with Crippen molar-refractivity contribution in [1.82, 2.24) is 0 Å². The number of nitrogens with one attached hydrogen (secondary N) is 1. The smallest absolute Gasteiger partial charge is 0.224 e. The van der Waals surface area contributed by atoms with Crippen molar-refractivity contribution in [2.75, 3.05) is 5.32 Å². The van der Waals surface area contributed by atoms with Gasteiger partial charge in [0.2, 0.25) is 5.91 Å². The molecule has 21 heavy (non-hydrogen) atoms. The standard InChI is InChI=1S/C16H14BNO2S/c1-10-2-4-12(17)9-15(10)21-20-13-5-6-14-11(8-13)3-7-16(19)18-14/h2,4-6,8-9H,3,7H2,1H3,(H,18,19). The molecule has 5 heteroatoms. The Balaban J connectivity index is 1.74. The largest absolute Gasteiger partial charge is 0.421 e. The van der Waals surface area contributed by atoms with Crippen LogP contribution in [-0.2, 0) is 11.2 Å². The molecule has 104 valence electrons. The number of carbonyl (C=O) groups is 1. The van der Waals surface area contributed by atoms with Gasteiger partial charge in [-0.1, -0.05) is 23.7 Å². The van der Waals surface area contributed by atoms with E-state index in [0.717, 1.165) is 39.3 Å². The summed E-state index contributed by atoms with van der Waals surface area (Å²) in [6.45, 7) is 2.02. The van der Waals surface area contributed by atoms with Crippen molar-refractivity contribution in [2.24, 2.45) is 0 Å². The van der Waals surface area contributed by atoms with Crippen LogP contribution in [0.3, 0.4) is 0 Å². The molecule has 0 aliphatic carbocycles. The third-order valence-corrected chi connectivity index (χ3v) is 4.31. The number of hydrogen-bond acceptors (Lipinski definition) is 3. The zero-order valence-electron chi connectivity index (χ0n) is 11.7. The number of benzene rings is 2. The Kier molecular flexibility index (Phi) is 3.93. The minimum Gasteiger partial charge on any atom is -0.421 e. The summed E-state index contributed by atoms with van der Waals surface area (Å²) in [6.07, 6.45) is 1.28. The summed E-state index contributed by atoms with van der Waals surface area (Å²) in [5, 5.41) is 2.86. The SMILES string of the molecule is [B]c1ccc(C)c(SOc2ccc3c(c2)CCC(=O)N3)c1. The van der Waals surface area contributed by atoms with E-state index in [0.29, 0.717) is 6.42 Å². The zero-order valence-corrected chi connectivity index (χ0v) is 12.5. The molecular weight excluding hydrogens is 281 g/mol. The Labute approximate surface area is 129 Å². The van der Waals surface area contributed by atoms with Gasteiger partial charge >= 0.3 is 0 Å². The summed E-state index contributed by atoms with van der Waals surface area (Å²) in [7, 11) is 5.79. The van der Waals surface area contributed by atoms with Crippen LogP contribution in [0.5, 0.6) is 5.75 Å². The summed E-state index contributed by atoms with van der Waals surface area (Å²) >= 11 is 1.30. The van der Waals surface area contributed by atoms with E-state index in [-0.39, 0.29) is 5.91 Å². The maximum atomic E-state index is 11.3. The van der Waals surface area contributed by atoms with E-state index in [2.05, 4.69) is 5.32 Å². The predicted molar refractivity (Wildman–Crippen MR) is 86.4 cm³/mol. The second-order valence-electron chi connectivity index (χ2n) is 5.06. The third kappa shape index (κ3) is 3.24. The summed E-state index contributed by atoms with van der Waals surface area (Å²) in [5.41, 5.74) is 3.83. The van der Waals surface area contributed by atoms with Crippen LogP contribution < -0.4 is 15.0 Å². The molecule has 1 heterocycles. The lowest BCUT2D eigenvalue weighted by Gasteiger charge is -2.17. The van der Waals surface area contributed by atoms with Crippen molar-refractivity contribution in [3.05, 3.63) is 47.5 Å². The fraction of sp³-hybridized carbons (Fsp3) is 0.188. The van der Waals surface area contributed by atoms with Crippen LogP contribution in [0.4, 0.5) is 5.69 Å². The average Bonchev–Trinajstić information content (AvgIpc) is 2.48. The summed E-state index contributed by atoms with van der Waals surface area (Å²) in [5.74, 6) is 0.845. The molecule has 0 fully saturated rings. The molecule has 0 aromatic heterocycles. The summed E-state index contributed by atoms with van der Waals surface area (Å²) in [6, 6.07) is 11.5. The number of rotatable bonds is 3. The zero-order chi connectivity index (χ0) is 14.8. The van der Waals surface area contributed by atoms with E-state index in [1.807, 2.05) is 43.3 Å². The molecule has 1 aliphatic heterocycles. The third-order valence-electron chi connectivity index (χ3n) is 3.41. The number of aryl methyl sites for hydroxylation is 2. The lowest BCUT2D eigenvalue weighted by atomic mass is 9.95. The maximum absolute atomic E-state index is 11.3. The Morgan fingerprint density at radius 1 is 1.19 bits per heavy atom. The van der Waals surface area contributed by atoms with Crippen molar-refractivity contribution in [3.63, 3.8) is 0 Å². The summed E-state index contributed by atoms with van der Waals surface area (Å²) in [4.78, 5) is 12.3. The molecule has 1 N–H and O–H groups in total. The monoisotopic (exact) mass is 295 g/mol. The van der Waals surface area contributed by atoms with Crippen LogP contribution in [0, 0.1) is 6.92 Å². The topological polar surface area (TPSA) is 38.3 Å². The van der Waals surface area contributed by atoms with Crippen LogP contribution in [0.15, 0.2) is 41.3 Å². The first-order valence-corrected chi connectivity index (χ1v) is 7.49. The Hall–Kier alpha value is -1.88. The molecule has 1 aliphatic rings. The van der Waals surface area contributed by atoms with E-state index in [9.17, 15) is 4.79 Å². The van der Waals surface area contributed by atoms with Crippen molar-refractivity contribution in [1.29, 1.82) is 0 Å². The van der Waals surface area contributed by atoms with Gasteiger partial charge in [-0.2, -0.15) is 0 Å². The first kappa shape index (κ1) is 14.1. The van der Waals surface area contributed by atoms with E-state index >= 15 is 0 Å². The highest BCUT2D eigenvalue weighted by Crippen LogP contribution is 2.30. The predicted octanol–water partition coefficient (Wildman–Crippen LogP) is 2.76. The van der Waals surface area contributed by atoms with Gasteiger partial charge in [0.05, 0.1) is 16.9 Å². The number of anilines is 1. The highest BCUT2D eigenvalue weighted by Gasteiger charge is 2.15. The fourth-order valence-electron chi connectivity index (χ4n) is 2.21. The Bertz CT molecular complexity index is 703.